The van der Waals surface area contributed by atoms with Gasteiger partial charge >= 0.3 is 0 Å². The normalized spacial score (nSPS) is 10.7. The Hall–Kier alpha value is -1.60. The van der Waals surface area contributed by atoms with Crippen molar-refractivity contribution in [2.45, 2.75) is 19.4 Å². The largest absolute Gasteiger partial charge is 0.394 e. The molecule has 1 rings (SSSR count). The Bertz CT molecular complexity index is 355. The fourth-order valence-electron chi connectivity index (χ4n) is 1.000. The Labute approximate surface area is 83.2 Å². The Balaban J connectivity index is 2.83. The van der Waals surface area contributed by atoms with E-state index < -0.39 is 5.54 Å². The number of rotatable bonds is 3. The molecule has 2 N–H and O–H groups in total. The van der Waals surface area contributed by atoms with Crippen molar-refractivity contribution in [1.29, 1.82) is 5.26 Å². The highest BCUT2D eigenvalue weighted by molar-refractivity contribution is 5.47. The SMILES string of the molecule is CC(C)(CO)Nc1ccnc(C#N)c1. The maximum atomic E-state index is 9.04. The predicted molar refractivity (Wildman–Crippen MR) is 53.7 cm³/mol. The molecule has 0 amide bonds. The lowest BCUT2D eigenvalue weighted by molar-refractivity contribution is 0.234. The van der Waals surface area contributed by atoms with E-state index in [9.17, 15) is 0 Å². The Kier molecular flexibility index (Phi) is 3.05. The smallest absolute Gasteiger partial charge is 0.142 e. The molecule has 0 spiro atoms. The summed E-state index contributed by atoms with van der Waals surface area (Å²) < 4.78 is 0. The minimum Gasteiger partial charge on any atom is -0.394 e. The van der Waals surface area contributed by atoms with E-state index in [4.69, 9.17) is 10.4 Å². The highest BCUT2D eigenvalue weighted by atomic mass is 16.3. The van der Waals surface area contributed by atoms with Gasteiger partial charge in [-0.25, -0.2) is 4.98 Å². The zero-order chi connectivity index (χ0) is 10.6. The molecule has 0 saturated heterocycles. The first-order valence-corrected chi connectivity index (χ1v) is 4.32. The number of nitriles is 1. The summed E-state index contributed by atoms with van der Waals surface area (Å²) in [5.41, 5.74) is 0.757. The Morgan fingerprint density at radius 1 is 1.64 bits per heavy atom. The van der Waals surface area contributed by atoms with Crippen LogP contribution in [0.2, 0.25) is 0 Å². The third-order valence-electron chi connectivity index (χ3n) is 1.75. The minimum atomic E-state index is -0.395. The van der Waals surface area contributed by atoms with Crippen molar-refractivity contribution in [3.63, 3.8) is 0 Å². The molecule has 0 aliphatic rings. The first-order chi connectivity index (χ1) is 6.57. The summed E-state index contributed by atoms with van der Waals surface area (Å²) in [5.74, 6) is 0. The van der Waals surface area contributed by atoms with Gasteiger partial charge in [-0.05, 0) is 26.0 Å². The van der Waals surface area contributed by atoms with Crippen LogP contribution in [-0.4, -0.2) is 22.2 Å². The van der Waals surface area contributed by atoms with E-state index in [-0.39, 0.29) is 6.61 Å². The lowest BCUT2D eigenvalue weighted by Crippen LogP contribution is -2.34. The van der Waals surface area contributed by atoms with Gasteiger partial charge in [-0.3, -0.25) is 0 Å². The molecule has 0 aromatic carbocycles. The lowest BCUT2D eigenvalue weighted by Gasteiger charge is -2.24. The molecule has 0 unspecified atom stereocenters. The molecule has 1 aromatic rings. The number of nitrogens with zero attached hydrogens (tertiary/aromatic N) is 2. The second-order valence-corrected chi connectivity index (χ2v) is 3.71. The van der Waals surface area contributed by atoms with Crippen LogP contribution in [0.15, 0.2) is 18.3 Å². The van der Waals surface area contributed by atoms with Gasteiger partial charge in [-0.2, -0.15) is 5.26 Å². The van der Waals surface area contributed by atoms with E-state index in [2.05, 4.69) is 10.3 Å². The third kappa shape index (κ3) is 2.71. The molecule has 1 heterocycles. The molecule has 4 heteroatoms. The molecular weight excluding hydrogens is 178 g/mol. The number of hydrogen-bond acceptors (Lipinski definition) is 4. The van der Waals surface area contributed by atoms with Gasteiger partial charge in [0.2, 0.25) is 0 Å². The van der Waals surface area contributed by atoms with Crippen LogP contribution >= 0.6 is 0 Å². The molecule has 0 aliphatic carbocycles. The zero-order valence-electron chi connectivity index (χ0n) is 8.28. The number of aliphatic hydroxyl groups excluding tert-OH is 1. The molecule has 74 valence electrons. The molecule has 0 fully saturated rings. The number of aliphatic hydroxyl groups is 1. The van der Waals surface area contributed by atoms with Crippen molar-refractivity contribution >= 4 is 5.69 Å². The quantitative estimate of drug-likeness (QED) is 0.751. The van der Waals surface area contributed by atoms with E-state index >= 15 is 0 Å². The van der Waals surface area contributed by atoms with Crippen molar-refractivity contribution in [2.24, 2.45) is 0 Å². The van der Waals surface area contributed by atoms with Crippen LogP contribution in [0.1, 0.15) is 19.5 Å². The van der Waals surface area contributed by atoms with Crippen LogP contribution in [0, 0.1) is 11.3 Å². The molecular formula is C10H13N3O. The van der Waals surface area contributed by atoms with Gasteiger partial charge in [0.05, 0.1) is 12.1 Å². The summed E-state index contributed by atoms with van der Waals surface area (Å²) in [4.78, 5) is 3.85. The number of aromatic nitrogens is 1. The van der Waals surface area contributed by atoms with Crippen molar-refractivity contribution in [2.75, 3.05) is 11.9 Å². The van der Waals surface area contributed by atoms with Gasteiger partial charge in [-0.1, -0.05) is 0 Å². The summed E-state index contributed by atoms with van der Waals surface area (Å²) in [6, 6.07) is 5.37. The van der Waals surface area contributed by atoms with E-state index in [1.54, 1.807) is 18.3 Å². The highest BCUT2D eigenvalue weighted by Gasteiger charge is 2.15. The maximum absolute atomic E-state index is 9.04. The van der Waals surface area contributed by atoms with E-state index in [1.807, 2.05) is 19.9 Å². The summed E-state index contributed by atoms with van der Waals surface area (Å²) in [6.07, 6.45) is 1.56. The van der Waals surface area contributed by atoms with Crippen molar-refractivity contribution in [3.8, 4) is 6.07 Å². The van der Waals surface area contributed by atoms with E-state index in [1.165, 1.54) is 0 Å². The van der Waals surface area contributed by atoms with Crippen LogP contribution in [0.4, 0.5) is 5.69 Å². The topological polar surface area (TPSA) is 68.9 Å². The molecule has 0 radical (unpaired) electrons. The summed E-state index contributed by atoms with van der Waals surface area (Å²) in [5, 5.41) is 20.8. The van der Waals surface area contributed by atoms with Crippen molar-refractivity contribution in [3.05, 3.63) is 24.0 Å². The summed E-state index contributed by atoms with van der Waals surface area (Å²) in [6.45, 7) is 3.77. The first-order valence-electron chi connectivity index (χ1n) is 4.32. The van der Waals surface area contributed by atoms with Crippen molar-refractivity contribution in [1.82, 2.24) is 4.98 Å². The second-order valence-electron chi connectivity index (χ2n) is 3.71. The summed E-state index contributed by atoms with van der Waals surface area (Å²) >= 11 is 0. The monoisotopic (exact) mass is 191 g/mol. The number of nitrogens with one attached hydrogen (secondary N) is 1. The Morgan fingerprint density at radius 3 is 2.93 bits per heavy atom. The molecule has 0 saturated carbocycles. The predicted octanol–water partition coefficient (Wildman–Crippen LogP) is 1.14. The van der Waals surface area contributed by atoms with E-state index in [0.29, 0.717) is 5.69 Å². The fraction of sp³-hybridized carbons (Fsp3) is 0.400. The van der Waals surface area contributed by atoms with Crippen LogP contribution in [0.3, 0.4) is 0 Å². The third-order valence-corrected chi connectivity index (χ3v) is 1.75. The number of anilines is 1. The maximum Gasteiger partial charge on any atom is 0.142 e. The van der Waals surface area contributed by atoms with Gasteiger partial charge < -0.3 is 10.4 Å². The Morgan fingerprint density at radius 2 is 2.36 bits per heavy atom. The fourth-order valence-corrected chi connectivity index (χ4v) is 1.000. The molecule has 0 aliphatic heterocycles. The number of hydrogen-bond donors (Lipinski definition) is 2. The van der Waals surface area contributed by atoms with Gasteiger partial charge in [0.25, 0.3) is 0 Å². The van der Waals surface area contributed by atoms with Gasteiger partial charge in [0.1, 0.15) is 11.8 Å². The standard InChI is InChI=1S/C10H13N3O/c1-10(2,7-14)13-8-3-4-12-9(5-8)6-11/h3-5,14H,7H2,1-2H3,(H,12,13). The molecule has 14 heavy (non-hydrogen) atoms. The highest BCUT2D eigenvalue weighted by Crippen LogP contribution is 2.14. The minimum absolute atomic E-state index is 0.0250. The van der Waals surface area contributed by atoms with E-state index in [0.717, 1.165) is 5.69 Å². The molecule has 4 nitrogen and oxygen atoms in total. The van der Waals surface area contributed by atoms with Gasteiger partial charge in [0, 0.05) is 11.9 Å². The zero-order valence-corrected chi connectivity index (χ0v) is 8.28. The number of pyridine rings is 1. The van der Waals surface area contributed by atoms with Crippen LogP contribution in [0.25, 0.3) is 0 Å². The average Bonchev–Trinajstić information content (AvgIpc) is 2.17. The molecule has 1 aromatic heterocycles. The van der Waals surface area contributed by atoms with Crippen LogP contribution in [0.5, 0.6) is 0 Å². The van der Waals surface area contributed by atoms with Crippen molar-refractivity contribution < 1.29 is 5.11 Å². The molecule has 0 atom stereocenters. The average molecular weight is 191 g/mol. The second kappa shape index (κ2) is 4.07. The summed E-state index contributed by atoms with van der Waals surface area (Å²) in [7, 11) is 0. The first kappa shape index (κ1) is 10.5. The van der Waals surface area contributed by atoms with Gasteiger partial charge in [-0.15, -0.1) is 0 Å². The van der Waals surface area contributed by atoms with Crippen LogP contribution < -0.4 is 5.32 Å². The van der Waals surface area contributed by atoms with Gasteiger partial charge in [0.15, 0.2) is 0 Å². The lowest BCUT2D eigenvalue weighted by atomic mass is 10.1. The molecule has 0 bridgehead atoms. The van der Waals surface area contributed by atoms with Crippen LogP contribution in [-0.2, 0) is 0 Å².